The van der Waals surface area contributed by atoms with Crippen LogP contribution in [0, 0.1) is 0 Å². The van der Waals surface area contributed by atoms with Crippen molar-refractivity contribution >= 4 is 24.1 Å². The minimum atomic E-state index is -2.99. The molecule has 6 nitrogen and oxygen atoms in total. The fourth-order valence-electron chi connectivity index (χ4n) is 2.47. The van der Waals surface area contributed by atoms with Crippen molar-refractivity contribution in [3.05, 3.63) is 0 Å². The van der Waals surface area contributed by atoms with Gasteiger partial charge in [0.05, 0.1) is 24.7 Å². The van der Waals surface area contributed by atoms with Crippen molar-refractivity contribution in [1.82, 2.24) is 4.90 Å². The number of hydrogen-bond acceptors (Lipinski definition) is 6. The maximum Gasteiger partial charge on any atom is 0.325 e. The fourth-order valence-corrected chi connectivity index (χ4v) is 5.11. The lowest BCUT2D eigenvalue weighted by Crippen LogP contribution is -2.57. The Balaban J connectivity index is 2.93. The number of sulfone groups is 1. The molecule has 0 radical (unpaired) electrons. The van der Waals surface area contributed by atoms with Crippen LogP contribution >= 0.6 is 0 Å². The van der Waals surface area contributed by atoms with Crippen LogP contribution < -0.4 is 0 Å². The van der Waals surface area contributed by atoms with E-state index in [1.54, 1.807) is 0 Å². The quantitative estimate of drug-likeness (QED) is 0.545. The summed E-state index contributed by atoms with van der Waals surface area (Å²) in [6.07, 6.45) is -0.343. The maximum absolute atomic E-state index is 12.3. The van der Waals surface area contributed by atoms with Gasteiger partial charge in [0, 0.05) is 13.1 Å². The number of nitrogens with zero attached hydrogens (tertiary/aromatic N) is 1. The van der Waals surface area contributed by atoms with E-state index in [1.165, 1.54) is 7.11 Å². The molecule has 23 heavy (non-hydrogen) atoms. The van der Waals surface area contributed by atoms with Gasteiger partial charge in [-0.2, -0.15) is 0 Å². The van der Waals surface area contributed by atoms with Gasteiger partial charge >= 0.3 is 5.97 Å². The van der Waals surface area contributed by atoms with Crippen molar-refractivity contribution < 1.29 is 22.4 Å². The van der Waals surface area contributed by atoms with E-state index in [1.807, 2.05) is 11.8 Å². The van der Waals surface area contributed by atoms with Crippen LogP contribution in [0.5, 0.6) is 0 Å². The molecule has 0 amide bonds. The molecule has 0 unspecified atom stereocenters. The van der Waals surface area contributed by atoms with Crippen molar-refractivity contribution in [2.45, 2.75) is 58.0 Å². The number of esters is 1. The second-order valence-electron chi connectivity index (χ2n) is 7.74. The molecule has 0 bridgehead atoms. The highest BCUT2D eigenvalue weighted by atomic mass is 32.2. The van der Waals surface area contributed by atoms with Crippen LogP contribution in [0.3, 0.4) is 0 Å². The smallest absolute Gasteiger partial charge is 0.325 e. The molecule has 136 valence electrons. The first-order valence-corrected chi connectivity index (χ1v) is 12.7. The highest BCUT2D eigenvalue weighted by molar-refractivity contribution is 7.91. The normalized spacial score (nSPS) is 22.4. The fraction of sp³-hybridized carbons (Fsp3) is 0.933. The van der Waals surface area contributed by atoms with E-state index in [2.05, 4.69) is 33.9 Å². The Bertz CT molecular complexity index is 512. The maximum atomic E-state index is 12.3. The molecule has 1 aliphatic rings. The van der Waals surface area contributed by atoms with Crippen LogP contribution in [0.2, 0.25) is 18.1 Å². The van der Waals surface area contributed by atoms with E-state index in [-0.39, 0.29) is 28.6 Å². The predicted molar refractivity (Wildman–Crippen MR) is 93.8 cm³/mol. The van der Waals surface area contributed by atoms with Crippen LogP contribution in [-0.2, 0) is 23.8 Å². The molecule has 2 atom stereocenters. The third-order valence-electron chi connectivity index (χ3n) is 4.95. The molecule has 0 aromatic rings. The molecule has 0 saturated carbocycles. The SMILES string of the molecule is COC(=O)[C@H]([C@@H](C)O[Si](C)(C)C(C)(C)C)N1CCS(=O)(=O)CC1. The van der Waals surface area contributed by atoms with Gasteiger partial charge in [0.15, 0.2) is 18.2 Å². The summed E-state index contributed by atoms with van der Waals surface area (Å²) in [5, 5.41) is 0.0349. The van der Waals surface area contributed by atoms with Crippen molar-refractivity contribution in [3.63, 3.8) is 0 Å². The number of carbonyl (C=O) groups excluding carboxylic acids is 1. The highest BCUT2D eigenvalue weighted by Gasteiger charge is 2.43. The molecule has 1 heterocycles. The van der Waals surface area contributed by atoms with Gasteiger partial charge in [0.1, 0.15) is 6.04 Å². The number of hydrogen-bond donors (Lipinski definition) is 0. The Morgan fingerprint density at radius 1 is 1.17 bits per heavy atom. The Morgan fingerprint density at radius 3 is 2.04 bits per heavy atom. The van der Waals surface area contributed by atoms with Crippen LogP contribution in [0.15, 0.2) is 0 Å². The van der Waals surface area contributed by atoms with Gasteiger partial charge in [-0.15, -0.1) is 0 Å². The Hall–Kier alpha value is -0.443. The van der Waals surface area contributed by atoms with E-state index < -0.39 is 24.2 Å². The zero-order chi connectivity index (χ0) is 18.1. The molecule has 8 heteroatoms. The van der Waals surface area contributed by atoms with Gasteiger partial charge < -0.3 is 9.16 Å². The van der Waals surface area contributed by atoms with E-state index in [0.717, 1.165) is 0 Å². The van der Waals surface area contributed by atoms with E-state index in [0.29, 0.717) is 13.1 Å². The van der Waals surface area contributed by atoms with Crippen LogP contribution in [0.1, 0.15) is 27.7 Å². The van der Waals surface area contributed by atoms with Gasteiger partial charge in [-0.05, 0) is 25.1 Å². The second-order valence-corrected chi connectivity index (χ2v) is 14.8. The summed E-state index contributed by atoms with van der Waals surface area (Å²) >= 11 is 0. The second kappa shape index (κ2) is 7.21. The lowest BCUT2D eigenvalue weighted by molar-refractivity contribution is -0.150. The number of ether oxygens (including phenoxy) is 1. The zero-order valence-corrected chi connectivity index (χ0v) is 17.2. The van der Waals surface area contributed by atoms with Gasteiger partial charge in [-0.25, -0.2) is 8.42 Å². The van der Waals surface area contributed by atoms with Gasteiger partial charge in [-0.3, -0.25) is 9.69 Å². The van der Waals surface area contributed by atoms with Crippen molar-refractivity contribution in [3.8, 4) is 0 Å². The van der Waals surface area contributed by atoms with E-state index in [4.69, 9.17) is 9.16 Å². The number of carbonyl (C=O) groups is 1. The molecule has 1 saturated heterocycles. The van der Waals surface area contributed by atoms with Gasteiger partial charge in [0.25, 0.3) is 0 Å². The summed E-state index contributed by atoms with van der Waals surface area (Å²) in [5.74, 6) is -0.212. The van der Waals surface area contributed by atoms with E-state index in [9.17, 15) is 13.2 Å². The summed E-state index contributed by atoms with van der Waals surface area (Å²) in [4.78, 5) is 14.2. The lowest BCUT2D eigenvalue weighted by atomic mass is 10.1. The monoisotopic (exact) mass is 365 g/mol. The number of rotatable bonds is 5. The summed E-state index contributed by atoms with van der Waals surface area (Å²) in [6, 6.07) is -0.565. The molecular formula is C15H31NO5SSi. The third-order valence-corrected chi connectivity index (χ3v) is 11.1. The third kappa shape index (κ3) is 5.27. The average Bonchev–Trinajstić information content (AvgIpc) is 2.38. The average molecular weight is 366 g/mol. The molecule has 0 aromatic heterocycles. The summed E-state index contributed by atoms with van der Waals surface area (Å²) in [7, 11) is -3.67. The predicted octanol–water partition coefficient (Wildman–Crippen LogP) is 1.67. The Labute approximate surface area is 141 Å². The van der Waals surface area contributed by atoms with Gasteiger partial charge in [-0.1, -0.05) is 20.8 Å². The molecule has 0 aromatic carbocycles. The molecule has 0 N–H and O–H groups in total. The summed E-state index contributed by atoms with van der Waals surface area (Å²) < 4.78 is 34.5. The molecule has 1 fully saturated rings. The molecule has 0 spiro atoms. The molecule has 0 aliphatic carbocycles. The first-order valence-electron chi connectivity index (χ1n) is 8.01. The summed E-state index contributed by atoms with van der Waals surface area (Å²) in [5.41, 5.74) is 0. The Morgan fingerprint density at radius 2 is 1.65 bits per heavy atom. The van der Waals surface area contributed by atoms with Crippen molar-refractivity contribution in [1.29, 1.82) is 0 Å². The summed E-state index contributed by atoms with van der Waals surface area (Å²) in [6.45, 7) is 13.3. The minimum Gasteiger partial charge on any atom is -0.468 e. The van der Waals surface area contributed by atoms with E-state index >= 15 is 0 Å². The lowest BCUT2D eigenvalue weighted by Gasteiger charge is -2.42. The Kier molecular flexibility index (Phi) is 6.45. The first kappa shape index (κ1) is 20.6. The van der Waals surface area contributed by atoms with Crippen LogP contribution in [-0.4, -0.2) is 71.5 Å². The van der Waals surface area contributed by atoms with Gasteiger partial charge in [0.2, 0.25) is 0 Å². The highest BCUT2D eigenvalue weighted by Crippen LogP contribution is 2.38. The number of methoxy groups -OCH3 is 1. The van der Waals surface area contributed by atoms with Crippen LogP contribution in [0.4, 0.5) is 0 Å². The van der Waals surface area contributed by atoms with Crippen LogP contribution in [0.25, 0.3) is 0 Å². The van der Waals surface area contributed by atoms with Crippen molar-refractivity contribution in [2.75, 3.05) is 31.7 Å². The van der Waals surface area contributed by atoms with Crippen molar-refractivity contribution in [2.24, 2.45) is 0 Å². The standard InChI is InChI=1S/C15H31NO5SSi/c1-12(21-23(6,7)15(2,3)4)13(14(17)20-5)16-8-10-22(18,19)11-9-16/h12-13H,8-11H2,1-7H3/t12-,13+/m1/s1. The topological polar surface area (TPSA) is 72.9 Å². The first-order chi connectivity index (χ1) is 10.3. The molecular weight excluding hydrogens is 334 g/mol. The zero-order valence-electron chi connectivity index (χ0n) is 15.4. The minimum absolute atomic E-state index is 0.0349. The molecule has 1 rings (SSSR count). The largest absolute Gasteiger partial charge is 0.468 e. The molecule has 1 aliphatic heterocycles.